The minimum Gasteiger partial charge on any atom is -0.384 e. The second-order valence-electron chi connectivity index (χ2n) is 3.90. The fourth-order valence-corrected chi connectivity index (χ4v) is 2.11. The lowest BCUT2D eigenvalue weighted by molar-refractivity contribution is -0.384. The van der Waals surface area contributed by atoms with Crippen molar-refractivity contribution in [3.05, 3.63) is 33.9 Å². The van der Waals surface area contributed by atoms with Crippen molar-refractivity contribution in [3.63, 3.8) is 0 Å². The molecular formula is C11H14N2O2. The molecule has 0 saturated carbocycles. The molecule has 1 heterocycles. The van der Waals surface area contributed by atoms with Crippen molar-refractivity contribution in [1.82, 2.24) is 0 Å². The molecule has 80 valence electrons. The third kappa shape index (κ3) is 1.79. The molecular weight excluding hydrogens is 192 g/mol. The highest BCUT2D eigenvalue weighted by atomic mass is 16.6. The van der Waals surface area contributed by atoms with E-state index in [0.29, 0.717) is 5.92 Å². The molecule has 0 unspecified atom stereocenters. The molecule has 1 N–H and O–H groups in total. The van der Waals surface area contributed by atoms with E-state index in [1.165, 1.54) is 0 Å². The quantitative estimate of drug-likeness (QED) is 0.611. The van der Waals surface area contributed by atoms with Crippen LogP contribution in [0.15, 0.2) is 18.2 Å². The molecule has 0 amide bonds. The maximum atomic E-state index is 10.7. The van der Waals surface area contributed by atoms with Gasteiger partial charge < -0.3 is 5.32 Å². The van der Waals surface area contributed by atoms with Crippen molar-refractivity contribution >= 4 is 11.4 Å². The van der Waals surface area contributed by atoms with E-state index in [4.69, 9.17) is 0 Å². The summed E-state index contributed by atoms with van der Waals surface area (Å²) >= 11 is 0. The molecule has 0 aromatic heterocycles. The molecule has 0 bridgehead atoms. The van der Waals surface area contributed by atoms with Gasteiger partial charge in [-0.15, -0.1) is 0 Å². The molecule has 1 aromatic carbocycles. The Morgan fingerprint density at radius 3 is 3.07 bits per heavy atom. The Hall–Kier alpha value is -1.58. The Balaban J connectivity index is 2.33. The first-order chi connectivity index (χ1) is 7.22. The van der Waals surface area contributed by atoms with E-state index in [0.717, 1.165) is 30.6 Å². The van der Waals surface area contributed by atoms with Crippen molar-refractivity contribution in [1.29, 1.82) is 0 Å². The first kappa shape index (κ1) is 9.96. The smallest absolute Gasteiger partial charge is 0.269 e. The Kier molecular flexibility index (Phi) is 2.58. The number of nitrogens with one attached hydrogen (secondary N) is 1. The zero-order valence-electron chi connectivity index (χ0n) is 8.69. The maximum absolute atomic E-state index is 10.7. The Labute approximate surface area is 88.5 Å². The molecule has 15 heavy (non-hydrogen) atoms. The predicted molar refractivity (Wildman–Crippen MR) is 59.2 cm³/mol. The fraction of sp³-hybridized carbons (Fsp3) is 0.455. The van der Waals surface area contributed by atoms with Crippen molar-refractivity contribution < 1.29 is 4.92 Å². The summed E-state index contributed by atoms with van der Waals surface area (Å²) in [5, 5.41) is 13.9. The summed E-state index contributed by atoms with van der Waals surface area (Å²) in [7, 11) is 0. The molecule has 0 fully saturated rings. The van der Waals surface area contributed by atoms with Crippen LogP contribution >= 0.6 is 0 Å². The molecule has 0 spiro atoms. The monoisotopic (exact) mass is 206 g/mol. The molecule has 1 aliphatic heterocycles. The van der Waals surface area contributed by atoms with Gasteiger partial charge in [-0.05, 0) is 18.1 Å². The number of hydrogen-bond acceptors (Lipinski definition) is 3. The van der Waals surface area contributed by atoms with Crippen LogP contribution in [0.4, 0.5) is 11.4 Å². The second-order valence-corrected chi connectivity index (χ2v) is 3.90. The van der Waals surface area contributed by atoms with Crippen molar-refractivity contribution in [2.45, 2.75) is 25.7 Å². The molecule has 2 rings (SSSR count). The Morgan fingerprint density at radius 2 is 2.40 bits per heavy atom. The van der Waals surface area contributed by atoms with Gasteiger partial charge in [-0.25, -0.2) is 0 Å². The third-order valence-electron chi connectivity index (χ3n) is 2.86. The number of anilines is 1. The summed E-state index contributed by atoms with van der Waals surface area (Å²) in [6, 6.07) is 5.07. The van der Waals surface area contributed by atoms with E-state index >= 15 is 0 Å². The lowest BCUT2D eigenvalue weighted by Crippen LogP contribution is -2.01. The van der Waals surface area contributed by atoms with E-state index in [-0.39, 0.29) is 10.6 Å². The molecule has 1 atom stereocenters. The molecule has 1 aliphatic rings. The van der Waals surface area contributed by atoms with Gasteiger partial charge in [0.1, 0.15) is 0 Å². The van der Waals surface area contributed by atoms with Crippen LogP contribution in [-0.2, 0) is 0 Å². The van der Waals surface area contributed by atoms with Gasteiger partial charge in [0.15, 0.2) is 0 Å². The topological polar surface area (TPSA) is 55.2 Å². The Bertz CT molecular complexity index is 388. The third-order valence-corrected chi connectivity index (χ3v) is 2.86. The standard InChI is InChI=1S/C11H14N2O2/c1-2-3-8-7-12-11-5-4-9(13(14)15)6-10(8)11/h4-6,8,12H,2-3,7H2,1H3/t8-/m1/s1. The highest BCUT2D eigenvalue weighted by Gasteiger charge is 2.23. The normalized spacial score (nSPS) is 18.3. The van der Waals surface area contributed by atoms with Gasteiger partial charge in [0, 0.05) is 30.3 Å². The van der Waals surface area contributed by atoms with E-state index in [9.17, 15) is 10.1 Å². The average Bonchev–Trinajstić information content (AvgIpc) is 2.61. The number of fused-ring (bicyclic) bond motifs is 1. The van der Waals surface area contributed by atoms with Gasteiger partial charge >= 0.3 is 0 Å². The van der Waals surface area contributed by atoms with Crippen molar-refractivity contribution in [2.24, 2.45) is 0 Å². The second kappa shape index (κ2) is 3.88. The highest BCUT2D eigenvalue weighted by Crippen LogP contribution is 2.36. The minimum absolute atomic E-state index is 0.193. The molecule has 1 aromatic rings. The van der Waals surface area contributed by atoms with E-state index in [1.807, 2.05) is 6.07 Å². The number of benzene rings is 1. The average molecular weight is 206 g/mol. The van der Waals surface area contributed by atoms with Crippen LogP contribution in [0.2, 0.25) is 0 Å². The number of rotatable bonds is 3. The highest BCUT2D eigenvalue weighted by molar-refractivity contribution is 5.61. The number of hydrogen-bond donors (Lipinski definition) is 1. The van der Waals surface area contributed by atoms with Crippen LogP contribution in [0.25, 0.3) is 0 Å². The van der Waals surface area contributed by atoms with E-state index in [2.05, 4.69) is 12.2 Å². The lowest BCUT2D eigenvalue weighted by Gasteiger charge is -2.07. The first-order valence-electron chi connectivity index (χ1n) is 5.24. The van der Waals surface area contributed by atoms with Crippen LogP contribution in [0.5, 0.6) is 0 Å². The van der Waals surface area contributed by atoms with Gasteiger partial charge in [-0.1, -0.05) is 13.3 Å². The van der Waals surface area contributed by atoms with Gasteiger partial charge in [0.05, 0.1) is 4.92 Å². The van der Waals surface area contributed by atoms with Crippen LogP contribution in [0.1, 0.15) is 31.2 Å². The lowest BCUT2D eigenvalue weighted by atomic mass is 9.96. The SMILES string of the molecule is CCC[C@@H]1CNc2ccc([N+](=O)[O-])cc21. The zero-order valence-corrected chi connectivity index (χ0v) is 8.69. The van der Waals surface area contributed by atoms with Crippen LogP contribution in [-0.4, -0.2) is 11.5 Å². The van der Waals surface area contributed by atoms with Crippen molar-refractivity contribution in [3.8, 4) is 0 Å². The van der Waals surface area contributed by atoms with Crippen LogP contribution in [0, 0.1) is 10.1 Å². The molecule has 0 radical (unpaired) electrons. The summed E-state index contributed by atoms with van der Waals surface area (Å²) in [6.45, 7) is 3.04. The summed E-state index contributed by atoms with van der Waals surface area (Å²) < 4.78 is 0. The summed E-state index contributed by atoms with van der Waals surface area (Å²) in [6.07, 6.45) is 2.19. The molecule has 0 aliphatic carbocycles. The van der Waals surface area contributed by atoms with Crippen LogP contribution in [0.3, 0.4) is 0 Å². The first-order valence-corrected chi connectivity index (χ1v) is 5.24. The number of nitrogens with zero attached hydrogens (tertiary/aromatic N) is 1. The Morgan fingerprint density at radius 1 is 1.60 bits per heavy atom. The summed E-state index contributed by atoms with van der Waals surface area (Å²) in [5.41, 5.74) is 2.35. The van der Waals surface area contributed by atoms with E-state index < -0.39 is 0 Å². The predicted octanol–water partition coefficient (Wildman–Crippen LogP) is 2.90. The van der Waals surface area contributed by atoms with Gasteiger partial charge in [0.25, 0.3) is 5.69 Å². The van der Waals surface area contributed by atoms with Gasteiger partial charge in [-0.3, -0.25) is 10.1 Å². The van der Waals surface area contributed by atoms with Crippen LogP contribution < -0.4 is 5.32 Å². The molecule has 4 heteroatoms. The minimum atomic E-state index is -0.332. The fourth-order valence-electron chi connectivity index (χ4n) is 2.11. The maximum Gasteiger partial charge on any atom is 0.269 e. The largest absolute Gasteiger partial charge is 0.384 e. The number of non-ortho nitro benzene ring substituents is 1. The summed E-state index contributed by atoms with van der Waals surface area (Å²) in [4.78, 5) is 10.3. The number of nitro groups is 1. The van der Waals surface area contributed by atoms with Gasteiger partial charge in [-0.2, -0.15) is 0 Å². The number of nitro benzene ring substituents is 1. The van der Waals surface area contributed by atoms with Gasteiger partial charge in [0.2, 0.25) is 0 Å². The van der Waals surface area contributed by atoms with E-state index in [1.54, 1.807) is 12.1 Å². The zero-order chi connectivity index (χ0) is 10.8. The molecule has 4 nitrogen and oxygen atoms in total. The summed E-state index contributed by atoms with van der Waals surface area (Å²) in [5.74, 6) is 0.435. The van der Waals surface area contributed by atoms with Crippen molar-refractivity contribution in [2.75, 3.05) is 11.9 Å². The molecule has 0 saturated heterocycles.